The fraction of sp³-hybridized carbons (Fsp3) is 0.467. The SMILES string of the molecule is COc1ccc(C(C)CC(=O)NC(C)(C)C#N)cc1. The first-order chi connectivity index (χ1) is 8.88. The molecule has 0 aliphatic rings. The van der Waals surface area contributed by atoms with E-state index in [-0.39, 0.29) is 11.8 Å². The normalized spacial score (nSPS) is 12.4. The standard InChI is InChI=1S/C15H20N2O2/c1-11(9-14(18)17-15(2,3)10-16)12-5-7-13(19-4)8-6-12/h5-8,11H,9H2,1-4H3,(H,17,18). The number of hydrogen-bond acceptors (Lipinski definition) is 3. The van der Waals surface area contributed by atoms with Crippen molar-refractivity contribution in [2.45, 2.75) is 38.6 Å². The Morgan fingerprint density at radius 3 is 2.47 bits per heavy atom. The zero-order valence-electron chi connectivity index (χ0n) is 11.9. The van der Waals surface area contributed by atoms with Gasteiger partial charge >= 0.3 is 0 Å². The van der Waals surface area contributed by atoms with Crippen molar-refractivity contribution in [1.29, 1.82) is 5.26 Å². The van der Waals surface area contributed by atoms with E-state index in [1.807, 2.05) is 31.2 Å². The third-order valence-electron chi connectivity index (χ3n) is 2.91. The lowest BCUT2D eigenvalue weighted by Crippen LogP contribution is -2.42. The van der Waals surface area contributed by atoms with Crippen LogP contribution in [0, 0.1) is 11.3 Å². The van der Waals surface area contributed by atoms with E-state index in [1.54, 1.807) is 21.0 Å². The van der Waals surface area contributed by atoms with E-state index in [4.69, 9.17) is 10.00 Å². The summed E-state index contributed by atoms with van der Waals surface area (Å²) in [5.74, 6) is 0.779. The van der Waals surface area contributed by atoms with Crippen molar-refractivity contribution in [2.75, 3.05) is 7.11 Å². The molecule has 0 aliphatic carbocycles. The molecule has 102 valence electrons. The molecule has 1 N–H and O–H groups in total. The molecule has 0 spiro atoms. The summed E-state index contributed by atoms with van der Waals surface area (Å²) in [6.45, 7) is 5.35. The first kappa shape index (κ1) is 15.0. The van der Waals surface area contributed by atoms with E-state index in [9.17, 15) is 4.79 Å². The molecular weight excluding hydrogens is 240 g/mol. The number of methoxy groups -OCH3 is 1. The van der Waals surface area contributed by atoms with Crippen LogP contribution < -0.4 is 10.1 Å². The second-order valence-corrected chi connectivity index (χ2v) is 5.16. The summed E-state index contributed by atoms with van der Waals surface area (Å²) in [6.07, 6.45) is 0.359. The van der Waals surface area contributed by atoms with Gasteiger partial charge in [-0.3, -0.25) is 4.79 Å². The molecule has 0 bridgehead atoms. The average Bonchev–Trinajstić information content (AvgIpc) is 2.38. The molecule has 1 unspecified atom stereocenters. The highest BCUT2D eigenvalue weighted by atomic mass is 16.5. The van der Waals surface area contributed by atoms with Crippen LogP contribution in [0.3, 0.4) is 0 Å². The molecule has 0 heterocycles. The van der Waals surface area contributed by atoms with Crippen molar-refractivity contribution in [3.8, 4) is 11.8 Å². The van der Waals surface area contributed by atoms with Crippen LogP contribution in [0.5, 0.6) is 5.75 Å². The monoisotopic (exact) mass is 260 g/mol. The van der Waals surface area contributed by atoms with Crippen LogP contribution in [-0.4, -0.2) is 18.6 Å². The number of nitrogens with one attached hydrogen (secondary N) is 1. The highest BCUT2D eigenvalue weighted by molar-refractivity contribution is 5.78. The predicted octanol–water partition coefficient (Wildman–Crippen LogP) is 2.61. The molecule has 0 radical (unpaired) electrons. The Hall–Kier alpha value is -2.02. The van der Waals surface area contributed by atoms with E-state index in [1.165, 1.54) is 0 Å². The van der Waals surface area contributed by atoms with Crippen LogP contribution in [0.2, 0.25) is 0 Å². The third-order valence-corrected chi connectivity index (χ3v) is 2.91. The Bertz CT molecular complexity index is 472. The summed E-state index contributed by atoms with van der Waals surface area (Å²) in [7, 11) is 1.62. The maximum Gasteiger partial charge on any atom is 0.221 e. The lowest BCUT2D eigenvalue weighted by molar-refractivity contribution is -0.122. The molecule has 0 aliphatic heterocycles. The highest BCUT2D eigenvalue weighted by Gasteiger charge is 2.20. The minimum absolute atomic E-state index is 0.0976. The first-order valence-electron chi connectivity index (χ1n) is 6.24. The zero-order valence-corrected chi connectivity index (χ0v) is 11.9. The number of carbonyl (C=O) groups excluding carboxylic acids is 1. The molecule has 1 atom stereocenters. The number of carbonyl (C=O) groups is 1. The second kappa shape index (κ2) is 6.24. The van der Waals surface area contributed by atoms with Gasteiger partial charge in [0.1, 0.15) is 11.3 Å². The molecule has 0 fully saturated rings. The molecule has 1 amide bonds. The van der Waals surface area contributed by atoms with Gasteiger partial charge in [-0.2, -0.15) is 5.26 Å². The molecular formula is C15H20N2O2. The van der Waals surface area contributed by atoms with E-state index in [2.05, 4.69) is 11.4 Å². The summed E-state index contributed by atoms with van der Waals surface area (Å²) < 4.78 is 5.10. The van der Waals surface area contributed by atoms with Gasteiger partial charge < -0.3 is 10.1 Å². The van der Waals surface area contributed by atoms with Crippen LogP contribution in [0.15, 0.2) is 24.3 Å². The van der Waals surface area contributed by atoms with Gasteiger partial charge in [-0.1, -0.05) is 19.1 Å². The van der Waals surface area contributed by atoms with Gasteiger partial charge in [0.15, 0.2) is 0 Å². The molecule has 1 aromatic carbocycles. The van der Waals surface area contributed by atoms with Gasteiger partial charge in [-0.25, -0.2) is 0 Å². The van der Waals surface area contributed by atoms with Crippen LogP contribution in [0.1, 0.15) is 38.7 Å². The molecule has 4 nitrogen and oxygen atoms in total. The number of nitrogens with zero attached hydrogens (tertiary/aromatic N) is 1. The largest absolute Gasteiger partial charge is 0.497 e. The Morgan fingerprint density at radius 1 is 1.42 bits per heavy atom. The van der Waals surface area contributed by atoms with Gasteiger partial charge in [0.2, 0.25) is 5.91 Å². The molecule has 0 aromatic heterocycles. The Kier molecular flexibility index (Phi) is 4.94. The Balaban J connectivity index is 2.61. The number of amides is 1. The molecule has 4 heteroatoms. The summed E-state index contributed by atoms with van der Waals surface area (Å²) >= 11 is 0. The first-order valence-corrected chi connectivity index (χ1v) is 6.24. The fourth-order valence-electron chi connectivity index (χ4n) is 1.76. The van der Waals surface area contributed by atoms with E-state index in [0.717, 1.165) is 11.3 Å². The quantitative estimate of drug-likeness (QED) is 0.885. The number of nitriles is 1. The minimum atomic E-state index is -0.823. The molecule has 0 saturated heterocycles. The lowest BCUT2D eigenvalue weighted by atomic mass is 9.96. The fourth-order valence-corrected chi connectivity index (χ4v) is 1.76. The number of rotatable bonds is 5. The second-order valence-electron chi connectivity index (χ2n) is 5.16. The lowest BCUT2D eigenvalue weighted by Gasteiger charge is -2.19. The Morgan fingerprint density at radius 2 is 2.00 bits per heavy atom. The Labute approximate surface area is 114 Å². The number of hydrogen-bond donors (Lipinski definition) is 1. The third kappa shape index (κ3) is 4.63. The zero-order chi connectivity index (χ0) is 14.5. The van der Waals surface area contributed by atoms with Crippen LogP contribution in [0.4, 0.5) is 0 Å². The van der Waals surface area contributed by atoms with Crippen molar-refractivity contribution in [3.63, 3.8) is 0 Å². The molecule has 0 saturated carbocycles. The van der Waals surface area contributed by atoms with E-state index in [0.29, 0.717) is 6.42 Å². The summed E-state index contributed by atoms with van der Waals surface area (Å²) in [6, 6.07) is 9.71. The van der Waals surface area contributed by atoms with Crippen molar-refractivity contribution >= 4 is 5.91 Å². The molecule has 1 rings (SSSR count). The average molecular weight is 260 g/mol. The van der Waals surface area contributed by atoms with Crippen molar-refractivity contribution in [1.82, 2.24) is 5.32 Å². The van der Waals surface area contributed by atoms with Crippen molar-refractivity contribution in [3.05, 3.63) is 29.8 Å². The predicted molar refractivity (Wildman–Crippen MR) is 73.9 cm³/mol. The topological polar surface area (TPSA) is 62.1 Å². The summed E-state index contributed by atoms with van der Waals surface area (Å²) in [5.41, 5.74) is 0.252. The van der Waals surface area contributed by atoms with Gasteiger partial charge in [-0.05, 0) is 37.5 Å². The van der Waals surface area contributed by atoms with Crippen LogP contribution in [0.25, 0.3) is 0 Å². The maximum absolute atomic E-state index is 11.8. The summed E-state index contributed by atoms with van der Waals surface area (Å²) in [5, 5.41) is 11.6. The van der Waals surface area contributed by atoms with Crippen molar-refractivity contribution in [2.24, 2.45) is 0 Å². The van der Waals surface area contributed by atoms with E-state index < -0.39 is 5.54 Å². The van der Waals surface area contributed by atoms with Gasteiger partial charge in [0.05, 0.1) is 13.2 Å². The minimum Gasteiger partial charge on any atom is -0.497 e. The molecule has 1 aromatic rings. The van der Waals surface area contributed by atoms with Crippen LogP contribution in [-0.2, 0) is 4.79 Å². The number of ether oxygens (including phenoxy) is 1. The molecule has 19 heavy (non-hydrogen) atoms. The van der Waals surface area contributed by atoms with Gasteiger partial charge in [0, 0.05) is 6.42 Å². The maximum atomic E-state index is 11.8. The van der Waals surface area contributed by atoms with E-state index >= 15 is 0 Å². The highest BCUT2D eigenvalue weighted by Crippen LogP contribution is 2.22. The summed E-state index contributed by atoms with van der Waals surface area (Å²) in [4.78, 5) is 11.8. The van der Waals surface area contributed by atoms with Gasteiger partial charge in [0.25, 0.3) is 0 Å². The van der Waals surface area contributed by atoms with Crippen molar-refractivity contribution < 1.29 is 9.53 Å². The number of benzene rings is 1. The van der Waals surface area contributed by atoms with Crippen LogP contribution >= 0.6 is 0 Å². The van der Waals surface area contributed by atoms with Gasteiger partial charge in [-0.15, -0.1) is 0 Å². The smallest absolute Gasteiger partial charge is 0.221 e.